The molecule has 0 radical (unpaired) electrons. The monoisotopic (exact) mass is 371 g/mol. The standard InChI is InChI=1S/C20H25N3O4/c1-22-18(24)13-17(21-20(22)26)19(25)23-11-9-15(10-12-23)4-3-14-5-7-16(27-2)8-6-14/h5-8,13,15H,3-4,9-12H2,1-2H3,(H,21,26). The number of ether oxygens (including phenoxy) is 1. The number of aromatic nitrogens is 2. The number of benzene rings is 1. The Morgan fingerprint density at radius 3 is 2.44 bits per heavy atom. The van der Waals surface area contributed by atoms with Crippen LogP contribution in [0.2, 0.25) is 0 Å². The van der Waals surface area contributed by atoms with Gasteiger partial charge in [-0.1, -0.05) is 12.1 Å². The van der Waals surface area contributed by atoms with Crippen molar-refractivity contribution in [3.63, 3.8) is 0 Å². The van der Waals surface area contributed by atoms with Crippen LogP contribution in [0.25, 0.3) is 0 Å². The molecule has 144 valence electrons. The minimum Gasteiger partial charge on any atom is -0.497 e. The van der Waals surface area contributed by atoms with Gasteiger partial charge >= 0.3 is 5.69 Å². The Morgan fingerprint density at radius 2 is 1.85 bits per heavy atom. The van der Waals surface area contributed by atoms with E-state index in [0.717, 1.165) is 36.0 Å². The van der Waals surface area contributed by atoms with E-state index in [2.05, 4.69) is 17.1 Å². The summed E-state index contributed by atoms with van der Waals surface area (Å²) >= 11 is 0. The molecule has 0 saturated carbocycles. The fraction of sp³-hybridized carbons (Fsp3) is 0.450. The maximum atomic E-state index is 12.6. The Labute approximate surface area is 157 Å². The number of hydrogen-bond donors (Lipinski definition) is 1. The van der Waals surface area contributed by atoms with Crippen LogP contribution in [0.15, 0.2) is 39.9 Å². The van der Waals surface area contributed by atoms with Crippen molar-refractivity contribution in [3.05, 3.63) is 62.4 Å². The smallest absolute Gasteiger partial charge is 0.328 e. The molecule has 7 heteroatoms. The van der Waals surface area contributed by atoms with Crippen molar-refractivity contribution in [1.29, 1.82) is 0 Å². The zero-order valence-electron chi connectivity index (χ0n) is 15.7. The van der Waals surface area contributed by atoms with Gasteiger partial charge in [-0.25, -0.2) is 4.79 Å². The van der Waals surface area contributed by atoms with Crippen molar-refractivity contribution in [3.8, 4) is 5.75 Å². The normalized spacial score (nSPS) is 15.0. The number of amides is 1. The summed E-state index contributed by atoms with van der Waals surface area (Å²) in [6.07, 6.45) is 3.94. The molecule has 0 unspecified atom stereocenters. The van der Waals surface area contributed by atoms with Crippen molar-refractivity contribution in [2.75, 3.05) is 20.2 Å². The van der Waals surface area contributed by atoms with E-state index in [1.807, 2.05) is 12.1 Å². The van der Waals surface area contributed by atoms with E-state index >= 15 is 0 Å². The van der Waals surface area contributed by atoms with Gasteiger partial charge in [0.25, 0.3) is 11.5 Å². The van der Waals surface area contributed by atoms with Crippen LogP contribution in [0.4, 0.5) is 0 Å². The number of piperidine rings is 1. The van der Waals surface area contributed by atoms with E-state index < -0.39 is 11.2 Å². The van der Waals surface area contributed by atoms with Gasteiger partial charge in [0, 0.05) is 26.2 Å². The molecule has 7 nitrogen and oxygen atoms in total. The maximum absolute atomic E-state index is 12.6. The zero-order chi connectivity index (χ0) is 19.4. The molecule has 2 heterocycles. The van der Waals surface area contributed by atoms with Gasteiger partial charge in [-0.2, -0.15) is 0 Å². The Hall–Kier alpha value is -2.83. The fourth-order valence-corrected chi connectivity index (χ4v) is 3.43. The van der Waals surface area contributed by atoms with E-state index in [1.54, 1.807) is 12.0 Å². The summed E-state index contributed by atoms with van der Waals surface area (Å²) < 4.78 is 6.12. The number of aromatic amines is 1. The largest absolute Gasteiger partial charge is 0.497 e. The highest BCUT2D eigenvalue weighted by Gasteiger charge is 2.24. The Kier molecular flexibility index (Phi) is 5.78. The third-order valence-corrected chi connectivity index (χ3v) is 5.28. The third-order valence-electron chi connectivity index (χ3n) is 5.28. The van der Waals surface area contributed by atoms with E-state index in [0.29, 0.717) is 19.0 Å². The molecule has 1 amide bonds. The molecule has 2 aromatic rings. The van der Waals surface area contributed by atoms with E-state index in [4.69, 9.17) is 4.74 Å². The van der Waals surface area contributed by atoms with Crippen LogP contribution in [0.5, 0.6) is 5.75 Å². The van der Waals surface area contributed by atoms with Crippen LogP contribution >= 0.6 is 0 Å². The minimum atomic E-state index is -0.569. The van der Waals surface area contributed by atoms with Gasteiger partial charge in [0.05, 0.1) is 7.11 Å². The zero-order valence-corrected chi connectivity index (χ0v) is 15.7. The summed E-state index contributed by atoms with van der Waals surface area (Å²) in [6, 6.07) is 9.32. The van der Waals surface area contributed by atoms with E-state index in [1.165, 1.54) is 18.7 Å². The van der Waals surface area contributed by atoms with Crippen LogP contribution in [0, 0.1) is 5.92 Å². The topological polar surface area (TPSA) is 84.4 Å². The lowest BCUT2D eigenvalue weighted by atomic mass is 9.90. The molecule has 1 aromatic heterocycles. The van der Waals surface area contributed by atoms with Gasteiger partial charge in [-0.3, -0.25) is 14.2 Å². The molecule has 0 bridgehead atoms. The van der Waals surface area contributed by atoms with Gasteiger partial charge in [-0.05, 0) is 49.3 Å². The van der Waals surface area contributed by atoms with Crippen LogP contribution in [-0.2, 0) is 13.5 Å². The fourth-order valence-electron chi connectivity index (χ4n) is 3.43. The van der Waals surface area contributed by atoms with Crippen molar-refractivity contribution >= 4 is 5.91 Å². The molecule has 1 aromatic carbocycles. The predicted octanol–water partition coefficient (Wildman–Crippen LogP) is 1.57. The molecule has 1 fully saturated rings. The Bertz CT molecular complexity index is 875. The summed E-state index contributed by atoms with van der Waals surface area (Å²) in [5.41, 5.74) is 0.309. The highest BCUT2D eigenvalue weighted by Crippen LogP contribution is 2.23. The van der Waals surface area contributed by atoms with Crippen LogP contribution in [-0.4, -0.2) is 40.6 Å². The number of aryl methyl sites for hydroxylation is 1. The summed E-state index contributed by atoms with van der Waals surface area (Å²) in [5, 5.41) is 0. The molecule has 3 rings (SSSR count). The second kappa shape index (κ2) is 8.24. The average molecular weight is 371 g/mol. The molecule has 1 aliphatic heterocycles. The lowest BCUT2D eigenvalue weighted by Crippen LogP contribution is -2.41. The molecule has 0 spiro atoms. The van der Waals surface area contributed by atoms with Gasteiger partial charge in [-0.15, -0.1) is 0 Å². The maximum Gasteiger partial charge on any atom is 0.328 e. The summed E-state index contributed by atoms with van der Waals surface area (Å²) in [4.78, 5) is 40.2. The van der Waals surface area contributed by atoms with Crippen LogP contribution in [0.1, 0.15) is 35.3 Å². The average Bonchev–Trinajstić information content (AvgIpc) is 2.70. The summed E-state index contributed by atoms with van der Waals surface area (Å²) in [7, 11) is 3.04. The van der Waals surface area contributed by atoms with Crippen molar-refractivity contribution in [1.82, 2.24) is 14.5 Å². The number of nitrogens with one attached hydrogen (secondary N) is 1. The number of likely N-dealkylation sites (tertiary alicyclic amines) is 1. The quantitative estimate of drug-likeness (QED) is 0.865. The van der Waals surface area contributed by atoms with Gasteiger partial charge in [0.2, 0.25) is 0 Å². The molecular weight excluding hydrogens is 346 g/mol. The first kappa shape index (κ1) is 18.9. The first-order chi connectivity index (χ1) is 13.0. The molecular formula is C20H25N3O4. The van der Waals surface area contributed by atoms with E-state index in [9.17, 15) is 14.4 Å². The van der Waals surface area contributed by atoms with E-state index in [-0.39, 0.29) is 11.6 Å². The SMILES string of the molecule is COc1ccc(CCC2CCN(C(=O)c3cc(=O)n(C)c(=O)[nH]3)CC2)cc1. The Balaban J connectivity index is 1.53. The minimum absolute atomic E-state index is 0.0692. The Morgan fingerprint density at radius 1 is 1.19 bits per heavy atom. The number of carbonyl (C=O) groups is 1. The van der Waals surface area contributed by atoms with Crippen LogP contribution in [0.3, 0.4) is 0 Å². The number of carbonyl (C=O) groups excluding carboxylic acids is 1. The number of nitrogens with zero attached hydrogens (tertiary/aromatic N) is 2. The van der Waals surface area contributed by atoms with Crippen LogP contribution < -0.4 is 16.0 Å². The summed E-state index contributed by atoms with van der Waals surface area (Å²) in [5.74, 6) is 1.15. The second-order valence-electron chi connectivity index (χ2n) is 7.01. The molecule has 27 heavy (non-hydrogen) atoms. The number of hydrogen-bond acceptors (Lipinski definition) is 4. The van der Waals surface area contributed by atoms with Crippen molar-refractivity contribution in [2.24, 2.45) is 13.0 Å². The first-order valence-electron chi connectivity index (χ1n) is 9.20. The van der Waals surface area contributed by atoms with Gasteiger partial charge < -0.3 is 14.6 Å². The lowest BCUT2D eigenvalue weighted by Gasteiger charge is -2.32. The highest BCUT2D eigenvalue weighted by atomic mass is 16.5. The number of rotatable bonds is 5. The molecule has 1 N–H and O–H groups in total. The molecule has 0 aliphatic carbocycles. The second-order valence-corrected chi connectivity index (χ2v) is 7.01. The summed E-state index contributed by atoms with van der Waals surface area (Å²) in [6.45, 7) is 1.28. The van der Waals surface area contributed by atoms with Crippen molar-refractivity contribution in [2.45, 2.75) is 25.7 Å². The lowest BCUT2D eigenvalue weighted by molar-refractivity contribution is 0.0680. The third kappa shape index (κ3) is 4.48. The molecule has 0 atom stereocenters. The van der Waals surface area contributed by atoms with Gasteiger partial charge in [0.15, 0.2) is 0 Å². The number of methoxy groups -OCH3 is 1. The highest BCUT2D eigenvalue weighted by molar-refractivity contribution is 5.92. The predicted molar refractivity (Wildman–Crippen MR) is 102 cm³/mol. The number of H-pyrrole nitrogens is 1. The molecule has 1 saturated heterocycles. The van der Waals surface area contributed by atoms with Crippen molar-refractivity contribution < 1.29 is 9.53 Å². The first-order valence-corrected chi connectivity index (χ1v) is 9.20. The van der Waals surface area contributed by atoms with Gasteiger partial charge in [0.1, 0.15) is 11.4 Å². The molecule has 1 aliphatic rings.